The molecule has 0 bridgehead atoms. The van der Waals surface area contributed by atoms with Crippen LogP contribution < -0.4 is 4.90 Å². The van der Waals surface area contributed by atoms with E-state index in [0.717, 1.165) is 16.6 Å². The van der Waals surface area contributed by atoms with Crippen LogP contribution >= 0.6 is 11.6 Å². The van der Waals surface area contributed by atoms with Crippen molar-refractivity contribution in [3.05, 3.63) is 65.3 Å². The number of para-hydroxylation sites is 1. The number of halogens is 1. The van der Waals surface area contributed by atoms with E-state index in [2.05, 4.69) is 4.98 Å². The molecule has 5 rings (SSSR count). The number of carbonyl (C=O) groups excluding carboxylic acids is 1. The molecule has 0 spiro atoms. The molecule has 0 aliphatic carbocycles. The molecule has 0 N–H and O–H groups in total. The fourth-order valence-electron chi connectivity index (χ4n) is 4.32. The van der Waals surface area contributed by atoms with Gasteiger partial charge in [0.05, 0.1) is 11.2 Å². The van der Waals surface area contributed by atoms with Crippen LogP contribution in [0.2, 0.25) is 5.02 Å². The van der Waals surface area contributed by atoms with E-state index >= 15 is 0 Å². The second-order valence-corrected chi connectivity index (χ2v) is 10.0. The first-order chi connectivity index (χ1) is 14.9. The van der Waals surface area contributed by atoms with Crippen molar-refractivity contribution in [2.24, 2.45) is 0 Å². The van der Waals surface area contributed by atoms with Crippen molar-refractivity contribution in [1.29, 1.82) is 0 Å². The minimum Gasteiger partial charge on any atom is -0.444 e. The number of rotatable bonds is 3. The first-order valence-electron chi connectivity index (χ1n) is 10.0. The van der Waals surface area contributed by atoms with Gasteiger partial charge < -0.3 is 4.74 Å². The van der Waals surface area contributed by atoms with E-state index in [1.54, 1.807) is 41.4 Å². The highest BCUT2D eigenvalue weighted by Gasteiger charge is 2.37. The summed E-state index contributed by atoms with van der Waals surface area (Å²) >= 11 is 6.08. The van der Waals surface area contributed by atoms with Gasteiger partial charge in [0.25, 0.3) is 0 Å². The lowest BCUT2D eigenvalue weighted by atomic mass is 10.0. The van der Waals surface area contributed by atoms with Gasteiger partial charge in [0.1, 0.15) is 11.5 Å². The summed E-state index contributed by atoms with van der Waals surface area (Å²) in [6.07, 6.45) is 2.21. The van der Waals surface area contributed by atoms with Crippen LogP contribution in [0.3, 0.4) is 0 Å². The van der Waals surface area contributed by atoms with Gasteiger partial charge in [-0.05, 0) is 43.2 Å². The standard InChI is InChI=1S/C22H20ClN3O4S/c23-17-6-7-19-16(13-17)14-30-22(27)26(19)18-8-11-25(12-9-18)31(28,29)20-5-1-3-15-4-2-10-24-21(15)20/h1-7,10,13,18H,8-9,11-12,14H2. The smallest absolute Gasteiger partial charge is 0.414 e. The second kappa shape index (κ2) is 7.78. The Bertz CT molecular complexity index is 1270. The van der Waals surface area contributed by atoms with Crippen molar-refractivity contribution < 1.29 is 17.9 Å². The van der Waals surface area contributed by atoms with Gasteiger partial charge in [-0.15, -0.1) is 0 Å². The highest BCUT2D eigenvalue weighted by molar-refractivity contribution is 7.89. The first-order valence-corrected chi connectivity index (χ1v) is 11.9. The van der Waals surface area contributed by atoms with E-state index in [9.17, 15) is 13.2 Å². The maximum absolute atomic E-state index is 13.4. The third-order valence-electron chi connectivity index (χ3n) is 5.85. The molecule has 3 heterocycles. The molecule has 9 heteroatoms. The van der Waals surface area contributed by atoms with Gasteiger partial charge >= 0.3 is 6.09 Å². The first kappa shape index (κ1) is 20.2. The zero-order chi connectivity index (χ0) is 21.6. The van der Waals surface area contributed by atoms with E-state index in [-0.39, 0.29) is 17.5 Å². The lowest BCUT2D eigenvalue weighted by molar-refractivity contribution is 0.136. The van der Waals surface area contributed by atoms with Crippen LogP contribution in [0, 0.1) is 0 Å². The number of piperidine rings is 1. The van der Waals surface area contributed by atoms with Gasteiger partial charge in [-0.25, -0.2) is 13.2 Å². The van der Waals surface area contributed by atoms with Crippen LogP contribution in [0.4, 0.5) is 10.5 Å². The summed E-state index contributed by atoms with van der Waals surface area (Å²) in [7, 11) is -3.70. The van der Waals surface area contributed by atoms with Gasteiger partial charge in [-0.3, -0.25) is 9.88 Å². The minimum absolute atomic E-state index is 0.148. The van der Waals surface area contributed by atoms with Gasteiger partial charge in [-0.1, -0.05) is 29.8 Å². The number of hydrogen-bond donors (Lipinski definition) is 0. The number of pyridine rings is 1. The molecule has 3 aromatic rings. The number of sulfonamides is 1. The van der Waals surface area contributed by atoms with E-state index in [1.165, 1.54) is 4.31 Å². The number of carbonyl (C=O) groups is 1. The second-order valence-electron chi connectivity index (χ2n) is 7.66. The van der Waals surface area contributed by atoms with Gasteiger partial charge in [0.2, 0.25) is 10.0 Å². The minimum atomic E-state index is -3.70. The zero-order valence-corrected chi connectivity index (χ0v) is 18.1. The Labute approximate surface area is 185 Å². The summed E-state index contributed by atoms with van der Waals surface area (Å²) in [4.78, 5) is 18.7. The number of anilines is 1. The number of aromatic nitrogens is 1. The number of hydrogen-bond acceptors (Lipinski definition) is 5. The lowest BCUT2D eigenvalue weighted by Gasteiger charge is -2.39. The van der Waals surface area contributed by atoms with Gasteiger partial charge in [-0.2, -0.15) is 4.31 Å². The summed E-state index contributed by atoms with van der Waals surface area (Å²) in [5, 5.41) is 1.37. The third kappa shape index (κ3) is 3.54. The van der Waals surface area contributed by atoms with Crippen LogP contribution in [0.5, 0.6) is 0 Å². The van der Waals surface area contributed by atoms with E-state index in [0.29, 0.717) is 36.5 Å². The number of benzene rings is 2. The van der Waals surface area contributed by atoms with Crippen molar-refractivity contribution in [3.8, 4) is 0 Å². The molecule has 160 valence electrons. The molecular weight excluding hydrogens is 438 g/mol. The summed E-state index contributed by atoms with van der Waals surface area (Å²) in [5.74, 6) is 0. The van der Waals surface area contributed by atoms with Crippen LogP contribution in [-0.4, -0.2) is 42.9 Å². The molecule has 31 heavy (non-hydrogen) atoms. The molecule has 0 saturated carbocycles. The number of nitrogens with zero attached hydrogens (tertiary/aromatic N) is 3. The molecule has 2 aliphatic heterocycles. The SMILES string of the molecule is O=C1OCc2cc(Cl)ccc2N1C1CCN(S(=O)(=O)c2cccc3cccnc23)CC1. The molecule has 7 nitrogen and oxygen atoms in total. The summed E-state index contributed by atoms with van der Waals surface area (Å²) in [6.45, 7) is 0.804. The van der Waals surface area contributed by atoms with Crippen molar-refractivity contribution in [1.82, 2.24) is 9.29 Å². The predicted molar refractivity (Wildman–Crippen MR) is 118 cm³/mol. The Morgan fingerprint density at radius 3 is 2.65 bits per heavy atom. The average Bonchev–Trinajstić information content (AvgIpc) is 2.79. The molecule has 0 radical (unpaired) electrons. The van der Waals surface area contributed by atoms with Crippen molar-refractivity contribution in [2.45, 2.75) is 30.4 Å². The largest absolute Gasteiger partial charge is 0.444 e. The Hall–Kier alpha value is -2.68. The van der Waals surface area contributed by atoms with Crippen LogP contribution in [-0.2, 0) is 21.4 Å². The summed E-state index contributed by atoms with van der Waals surface area (Å²) in [5.41, 5.74) is 2.10. The van der Waals surface area contributed by atoms with Crippen molar-refractivity contribution >= 4 is 44.3 Å². The van der Waals surface area contributed by atoms with Gasteiger partial charge in [0, 0.05) is 41.3 Å². The predicted octanol–water partition coefficient (Wildman–Crippen LogP) is 4.20. The lowest BCUT2D eigenvalue weighted by Crippen LogP contribution is -2.50. The fourth-order valence-corrected chi connectivity index (χ4v) is 6.15. The normalized spacial score (nSPS) is 18.1. The maximum atomic E-state index is 13.4. The highest BCUT2D eigenvalue weighted by Crippen LogP contribution is 2.34. The molecular formula is C22H20ClN3O4S. The zero-order valence-electron chi connectivity index (χ0n) is 16.6. The topological polar surface area (TPSA) is 79.8 Å². The van der Waals surface area contributed by atoms with E-state index in [4.69, 9.17) is 16.3 Å². The van der Waals surface area contributed by atoms with E-state index in [1.807, 2.05) is 18.2 Å². The van der Waals surface area contributed by atoms with Gasteiger partial charge in [0.15, 0.2) is 0 Å². The number of amides is 1. The summed E-state index contributed by atoms with van der Waals surface area (Å²) in [6, 6.07) is 14.0. The highest BCUT2D eigenvalue weighted by atomic mass is 35.5. The molecule has 1 amide bonds. The molecule has 1 saturated heterocycles. The Kier molecular flexibility index (Phi) is 5.08. The van der Waals surface area contributed by atoms with Crippen molar-refractivity contribution in [2.75, 3.05) is 18.0 Å². The average molecular weight is 458 g/mol. The number of fused-ring (bicyclic) bond motifs is 2. The molecule has 1 fully saturated rings. The third-order valence-corrected chi connectivity index (χ3v) is 8.02. The summed E-state index contributed by atoms with van der Waals surface area (Å²) < 4.78 is 33.5. The maximum Gasteiger partial charge on any atom is 0.414 e. The molecule has 0 atom stereocenters. The Morgan fingerprint density at radius 1 is 1.06 bits per heavy atom. The molecule has 1 aromatic heterocycles. The Morgan fingerprint density at radius 2 is 1.84 bits per heavy atom. The van der Waals surface area contributed by atoms with Crippen LogP contribution in [0.15, 0.2) is 59.6 Å². The fraction of sp³-hybridized carbons (Fsp3) is 0.273. The monoisotopic (exact) mass is 457 g/mol. The molecule has 2 aliphatic rings. The number of ether oxygens (including phenoxy) is 1. The number of cyclic esters (lactones) is 1. The molecule has 2 aromatic carbocycles. The van der Waals surface area contributed by atoms with E-state index < -0.39 is 16.1 Å². The van der Waals surface area contributed by atoms with Crippen LogP contribution in [0.1, 0.15) is 18.4 Å². The van der Waals surface area contributed by atoms with Crippen LogP contribution in [0.25, 0.3) is 10.9 Å². The Balaban J connectivity index is 1.39. The quantitative estimate of drug-likeness (QED) is 0.589. The van der Waals surface area contributed by atoms with Crippen molar-refractivity contribution in [3.63, 3.8) is 0 Å². The molecule has 0 unspecified atom stereocenters.